The summed E-state index contributed by atoms with van der Waals surface area (Å²) in [5.41, 5.74) is 5.17. The Balaban J connectivity index is 1.69. The quantitative estimate of drug-likeness (QED) is 0.408. The molecule has 0 atom stereocenters. The Morgan fingerprint density at radius 1 is 0.964 bits per heavy atom. The van der Waals surface area contributed by atoms with Crippen LogP contribution in [0.2, 0.25) is 0 Å². The first-order chi connectivity index (χ1) is 13.4. The van der Waals surface area contributed by atoms with Crippen LogP contribution in [-0.2, 0) is 0 Å². The number of anilines is 1. The Morgan fingerprint density at radius 2 is 1.71 bits per heavy atom. The van der Waals surface area contributed by atoms with Crippen LogP contribution in [0.25, 0.3) is 0 Å². The first-order valence-electron chi connectivity index (χ1n) is 8.51. The van der Waals surface area contributed by atoms with Gasteiger partial charge in [-0.1, -0.05) is 34.1 Å². The first kappa shape index (κ1) is 20.0. The largest absolute Gasteiger partial charge is 0.321 e. The minimum atomic E-state index is -0.293. The molecule has 0 unspecified atom stereocenters. The highest BCUT2D eigenvalue weighted by atomic mass is 79.9. The topological polar surface area (TPSA) is 70.6 Å². The summed E-state index contributed by atoms with van der Waals surface area (Å²) in [6.07, 6.45) is 0. The third kappa shape index (κ3) is 5.15. The number of benzene rings is 2. The van der Waals surface area contributed by atoms with Crippen LogP contribution in [0.4, 0.5) is 5.69 Å². The van der Waals surface area contributed by atoms with E-state index in [1.165, 1.54) is 11.3 Å². The minimum Gasteiger partial charge on any atom is -0.321 e. The van der Waals surface area contributed by atoms with E-state index in [4.69, 9.17) is 0 Å². The monoisotopic (exact) mass is 455 g/mol. The fraction of sp³-hybridized carbons (Fsp3) is 0.0952. The van der Waals surface area contributed by atoms with Crippen molar-refractivity contribution in [3.63, 3.8) is 0 Å². The molecule has 0 radical (unpaired) electrons. The number of rotatable bonds is 5. The predicted octanol–water partition coefficient (Wildman–Crippen LogP) is 5.23. The van der Waals surface area contributed by atoms with E-state index in [-0.39, 0.29) is 11.8 Å². The van der Waals surface area contributed by atoms with Gasteiger partial charge in [-0.2, -0.15) is 5.10 Å². The molecule has 7 heteroatoms. The molecule has 0 saturated carbocycles. The number of nitrogens with zero attached hydrogens (tertiary/aromatic N) is 1. The van der Waals surface area contributed by atoms with Gasteiger partial charge in [0.1, 0.15) is 0 Å². The van der Waals surface area contributed by atoms with Crippen molar-refractivity contribution in [2.24, 2.45) is 5.10 Å². The minimum absolute atomic E-state index is 0.146. The van der Waals surface area contributed by atoms with Crippen LogP contribution in [0.5, 0.6) is 0 Å². The van der Waals surface area contributed by atoms with Crippen LogP contribution < -0.4 is 10.7 Å². The SMILES string of the molecule is C/C(=N/NC(=O)c1cccc(Br)c1)c1cccc(NC(=O)c2ccc(C)s2)c1. The lowest BCUT2D eigenvalue weighted by molar-refractivity contribution is 0.0954. The number of amides is 2. The Labute approximate surface area is 175 Å². The Bertz CT molecular complexity index is 1060. The fourth-order valence-electron chi connectivity index (χ4n) is 2.46. The molecule has 1 aromatic heterocycles. The highest BCUT2D eigenvalue weighted by molar-refractivity contribution is 9.10. The summed E-state index contributed by atoms with van der Waals surface area (Å²) in [5.74, 6) is -0.439. The predicted molar refractivity (Wildman–Crippen MR) is 117 cm³/mol. The molecule has 1 heterocycles. The lowest BCUT2D eigenvalue weighted by Crippen LogP contribution is -2.19. The average molecular weight is 456 g/mol. The molecule has 0 fully saturated rings. The van der Waals surface area contributed by atoms with Gasteiger partial charge in [0.25, 0.3) is 11.8 Å². The Morgan fingerprint density at radius 3 is 2.43 bits per heavy atom. The van der Waals surface area contributed by atoms with Crippen molar-refractivity contribution in [1.29, 1.82) is 0 Å². The van der Waals surface area contributed by atoms with Gasteiger partial charge in [0.05, 0.1) is 10.6 Å². The Hall–Kier alpha value is -2.77. The van der Waals surface area contributed by atoms with Gasteiger partial charge in [0, 0.05) is 20.6 Å². The number of thiophene rings is 1. The first-order valence-corrected chi connectivity index (χ1v) is 10.1. The van der Waals surface area contributed by atoms with Crippen molar-refractivity contribution in [2.75, 3.05) is 5.32 Å². The summed E-state index contributed by atoms with van der Waals surface area (Å²) in [4.78, 5) is 26.3. The van der Waals surface area contributed by atoms with Crippen LogP contribution in [0.3, 0.4) is 0 Å². The van der Waals surface area contributed by atoms with Crippen molar-refractivity contribution in [1.82, 2.24) is 5.43 Å². The van der Waals surface area contributed by atoms with Crippen LogP contribution in [0, 0.1) is 6.92 Å². The third-order valence-electron chi connectivity index (χ3n) is 3.91. The maximum absolute atomic E-state index is 12.3. The third-order valence-corrected chi connectivity index (χ3v) is 5.41. The van der Waals surface area contributed by atoms with E-state index < -0.39 is 0 Å². The number of hydrazone groups is 1. The second-order valence-electron chi connectivity index (χ2n) is 6.09. The van der Waals surface area contributed by atoms with Gasteiger partial charge in [-0.15, -0.1) is 11.3 Å². The number of nitrogens with one attached hydrogen (secondary N) is 2. The summed E-state index contributed by atoms with van der Waals surface area (Å²) in [6.45, 7) is 3.76. The lowest BCUT2D eigenvalue weighted by atomic mass is 10.1. The summed E-state index contributed by atoms with van der Waals surface area (Å²) >= 11 is 4.79. The number of hydrogen-bond acceptors (Lipinski definition) is 4. The van der Waals surface area contributed by atoms with Gasteiger partial charge >= 0.3 is 0 Å². The Kier molecular flexibility index (Phi) is 6.38. The maximum Gasteiger partial charge on any atom is 0.271 e. The van der Waals surface area contributed by atoms with Crippen molar-refractivity contribution in [2.45, 2.75) is 13.8 Å². The zero-order valence-corrected chi connectivity index (χ0v) is 17.7. The van der Waals surface area contributed by atoms with E-state index in [9.17, 15) is 9.59 Å². The maximum atomic E-state index is 12.3. The van der Waals surface area contributed by atoms with Gasteiger partial charge in [0.15, 0.2) is 0 Å². The zero-order chi connectivity index (χ0) is 20.1. The standard InChI is InChI=1S/C21H18BrN3O2S/c1-13-9-10-19(28-13)21(27)23-18-8-4-5-15(12-18)14(2)24-25-20(26)16-6-3-7-17(22)11-16/h3-12H,1-2H3,(H,23,27)(H,25,26)/b24-14-. The van der Waals surface area contributed by atoms with Gasteiger partial charge in [-0.25, -0.2) is 5.43 Å². The van der Waals surface area contributed by atoms with Crippen LogP contribution in [0.1, 0.15) is 37.4 Å². The van der Waals surface area contributed by atoms with Crippen molar-refractivity contribution in [3.05, 3.63) is 86.0 Å². The molecule has 0 aliphatic carbocycles. The van der Waals surface area contributed by atoms with Gasteiger partial charge < -0.3 is 5.32 Å². The van der Waals surface area contributed by atoms with E-state index in [0.717, 1.165) is 14.9 Å². The van der Waals surface area contributed by atoms with E-state index in [0.29, 0.717) is 21.8 Å². The van der Waals surface area contributed by atoms with E-state index in [2.05, 4.69) is 31.8 Å². The van der Waals surface area contributed by atoms with Crippen LogP contribution in [-0.4, -0.2) is 17.5 Å². The second-order valence-corrected chi connectivity index (χ2v) is 8.30. The molecule has 2 aromatic carbocycles. The van der Waals surface area contributed by atoms with Gasteiger partial charge in [-0.3, -0.25) is 9.59 Å². The molecular weight excluding hydrogens is 438 g/mol. The van der Waals surface area contributed by atoms with Crippen LogP contribution in [0.15, 0.2) is 70.2 Å². The molecule has 3 rings (SSSR count). The number of halogens is 1. The summed E-state index contributed by atoms with van der Waals surface area (Å²) in [7, 11) is 0. The van der Waals surface area contributed by atoms with Crippen molar-refractivity contribution >= 4 is 50.5 Å². The number of carbonyl (C=O) groups is 2. The molecule has 2 amide bonds. The van der Waals surface area contributed by atoms with E-state index >= 15 is 0 Å². The highest BCUT2D eigenvalue weighted by Gasteiger charge is 2.10. The number of aryl methyl sites for hydroxylation is 1. The fourth-order valence-corrected chi connectivity index (χ4v) is 3.63. The molecule has 0 saturated heterocycles. The number of carbonyl (C=O) groups excluding carboxylic acids is 2. The van der Waals surface area contributed by atoms with Crippen LogP contribution >= 0.6 is 27.3 Å². The van der Waals surface area contributed by atoms with E-state index in [1.54, 1.807) is 25.1 Å². The molecule has 28 heavy (non-hydrogen) atoms. The summed E-state index contributed by atoms with van der Waals surface area (Å²) in [6, 6.07) is 18.1. The van der Waals surface area contributed by atoms with E-state index in [1.807, 2.05) is 49.4 Å². The molecule has 0 bridgehead atoms. The summed E-state index contributed by atoms with van der Waals surface area (Å²) in [5, 5.41) is 7.06. The normalized spacial score (nSPS) is 11.2. The molecule has 142 valence electrons. The molecule has 0 spiro atoms. The molecule has 0 aliphatic rings. The van der Waals surface area contributed by atoms with Crippen molar-refractivity contribution < 1.29 is 9.59 Å². The second kappa shape index (κ2) is 8.95. The zero-order valence-electron chi connectivity index (χ0n) is 15.3. The molecular formula is C21H18BrN3O2S. The molecule has 0 aliphatic heterocycles. The van der Waals surface area contributed by atoms with Crippen molar-refractivity contribution in [3.8, 4) is 0 Å². The van der Waals surface area contributed by atoms with Gasteiger partial charge in [-0.05, 0) is 61.9 Å². The lowest BCUT2D eigenvalue weighted by Gasteiger charge is -2.07. The molecule has 5 nitrogen and oxygen atoms in total. The number of hydrogen-bond donors (Lipinski definition) is 2. The average Bonchev–Trinajstić information content (AvgIpc) is 3.12. The molecule has 3 aromatic rings. The van der Waals surface area contributed by atoms with Gasteiger partial charge in [0.2, 0.25) is 0 Å². The highest BCUT2D eigenvalue weighted by Crippen LogP contribution is 2.18. The smallest absolute Gasteiger partial charge is 0.271 e. The molecule has 2 N–H and O–H groups in total. The summed E-state index contributed by atoms with van der Waals surface area (Å²) < 4.78 is 0.824.